The van der Waals surface area contributed by atoms with Crippen molar-refractivity contribution in [2.24, 2.45) is 0 Å². The first-order valence-corrected chi connectivity index (χ1v) is 11.9. The zero-order chi connectivity index (χ0) is 25.0. The molecule has 0 saturated carbocycles. The van der Waals surface area contributed by atoms with E-state index < -0.39 is 0 Å². The van der Waals surface area contributed by atoms with Crippen LogP contribution in [0.15, 0.2) is 24.3 Å². The maximum atomic E-state index is 13.7. The van der Waals surface area contributed by atoms with E-state index in [2.05, 4.69) is 95.2 Å². The van der Waals surface area contributed by atoms with Gasteiger partial charge in [0.05, 0.1) is 0 Å². The Morgan fingerprint density at radius 2 is 0.781 bits per heavy atom. The molecule has 32 heavy (non-hydrogen) atoms. The van der Waals surface area contributed by atoms with Crippen molar-refractivity contribution in [2.75, 3.05) is 0 Å². The van der Waals surface area contributed by atoms with E-state index in [1.807, 2.05) is 19.1 Å². The molecule has 0 aliphatic heterocycles. The molecule has 0 atom stereocenters. The highest BCUT2D eigenvalue weighted by Gasteiger charge is 2.32. The number of hydrogen-bond acceptors (Lipinski definition) is 0. The summed E-state index contributed by atoms with van der Waals surface area (Å²) in [5.41, 5.74) is 4.66. The van der Waals surface area contributed by atoms with Crippen LogP contribution >= 0.6 is 0 Å². The topological polar surface area (TPSA) is 39.8 Å². The summed E-state index contributed by atoms with van der Waals surface area (Å²) in [7, 11) is 0. The van der Waals surface area contributed by atoms with Crippen LogP contribution in [0.4, 0.5) is 0 Å². The zero-order valence-corrected chi connectivity index (χ0v) is 22.7. The van der Waals surface area contributed by atoms with Gasteiger partial charge in [0, 0.05) is 28.2 Å². The van der Waals surface area contributed by atoms with E-state index in [4.69, 9.17) is 0 Å². The Balaban J connectivity index is 2.89. The molecule has 0 heterocycles. The molecule has 0 aliphatic rings. The fraction of sp³-hybridized carbons (Fsp3) is 0.600. The summed E-state index contributed by atoms with van der Waals surface area (Å²) in [4.78, 5) is 0. The highest BCUT2D eigenvalue weighted by atomic mass is 16.3. The molecule has 2 nitrogen and oxygen atoms in total. The van der Waals surface area contributed by atoms with Gasteiger partial charge in [0.25, 0.3) is 0 Å². The SMILES string of the molecule is CC(c1cc(C(C)(C)C)cc(C(C)(C)C)c1[O])c1cc(C(C)(C)C)cc(C(C)(C)C)c1[O]. The van der Waals surface area contributed by atoms with Gasteiger partial charge in [0.2, 0.25) is 0 Å². The maximum Gasteiger partial charge on any atom is 0.186 e. The highest BCUT2D eigenvalue weighted by molar-refractivity contribution is 5.57. The molecule has 0 bridgehead atoms. The van der Waals surface area contributed by atoms with Crippen LogP contribution in [-0.4, -0.2) is 0 Å². The standard InChI is InChI=1S/C30H44O2/c1-18(21-14-19(27(2,3)4)16-23(25(21)31)29(8,9)10)22-15-20(28(5,6)7)17-24(26(22)32)30(11,12)13/h14-18H,1-13H3. The van der Waals surface area contributed by atoms with E-state index in [9.17, 15) is 10.2 Å². The molecule has 0 spiro atoms. The normalized spacial score (nSPS) is 13.7. The van der Waals surface area contributed by atoms with Crippen molar-refractivity contribution >= 4 is 0 Å². The quantitative estimate of drug-likeness (QED) is 0.450. The van der Waals surface area contributed by atoms with Crippen molar-refractivity contribution in [1.82, 2.24) is 0 Å². The lowest BCUT2D eigenvalue weighted by atomic mass is 9.74. The molecule has 2 rings (SSSR count). The minimum absolute atomic E-state index is 0.0656. The molecular formula is C30H44O2. The third kappa shape index (κ3) is 5.33. The Morgan fingerprint density at radius 3 is 1.00 bits per heavy atom. The van der Waals surface area contributed by atoms with Crippen molar-refractivity contribution in [1.29, 1.82) is 0 Å². The molecule has 2 radical (unpaired) electrons. The summed E-state index contributed by atoms with van der Waals surface area (Å²) in [6.07, 6.45) is 0. The first-order valence-electron chi connectivity index (χ1n) is 11.9. The molecule has 0 fully saturated rings. The fourth-order valence-corrected chi connectivity index (χ4v) is 4.09. The largest absolute Gasteiger partial charge is 0.289 e. The lowest BCUT2D eigenvalue weighted by Crippen LogP contribution is -2.19. The van der Waals surface area contributed by atoms with E-state index in [0.717, 1.165) is 33.4 Å². The third-order valence-corrected chi connectivity index (χ3v) is 6.52. The van der Waals surface area contributed by atoms with Crippen LogP contribution in [0, 0.1) is 0 Å². The Kier molecular flexibility index (Phi) is 6.67. The number of benzene rings is 2. The smallest absolute Gasteiger partial charge is 0.186 e. The molecule has 2 aromatic carbocycles. The molecule has 0 aromatic heterocycles. The molecule has 0 aliphatic carbocycles. The summed E-state index contributed by atoms with van der Waals surface area (Å²) in [5.74, 6) is -0.145. The summed E-state index contributed by atoms with van der Waals surface area (Å²) < 4.78 is 0. The molecule has 2 heteroatoms. The van der Waals surface area contributed by atoms with Gasteiger partial charge in [0.15, 0.2) is 11.5 Å². The number of rotatable bonds is 2. The van der Waals surface area contributed by atoms with Crippen LogP contribution in [0.2, 0.25) is 0 Å². The van der Waals surface area contributed by atoms with Gasteiger partial charge in [0.1, 0.15) is 0 Å². The van der Waals surface area contributed by atoms with Gasteiger partial charge < -0.3 is 0 Å². The van der Waals surface area contributed by atoms with Gasteiger partial charge in [-0.1, -0.05) is 114 Å². The average Bonchev–Trinajstić information content (AvgIpc) is 2.57. The van der Waals surface area contributed by atoms with Crippen molar-refractivity contribution in [3.63, 3.8) is 0 Å². The molecular weight excluding hydrogens is 392 g/mol. The Labute approximate surface area is 197 Å². The van der Waals surface area contributed by atoms with E-state index >= 15 is 0 Å². The summed E-state index contributed by atoms with van der Waals surface area (Å²) >= 11 is 0. The Bertz CT molecular complexity index is 902. The lowest BCUT2D eigenvalue weighted by Gasteiger charge is -2.30. The second kappa shape index (κ2) is 8.12. The van der Waals surface area contributed by atoms with Gasteiger partial charge in [-0.2, -0.15) is 0 Å². The van der Waals surface area contributed by atoms with Gasteiger partial charge in [-0.25, -0.2) is 0 Å². The molecule has 0 N–H and O–H groups in total. The van der Waals surface area contributed by atoms with E-state index in [-0.39, 0.29) is 39.1 Å². The molecule has 0 saturated heterocycles. The van der Waals surface area contributed by atoms with Crippen molar-refractivity contribution in [3.05, 3.63) is 57.6 Å². The van der Waals surface area contributed by atoms with E-state index in [1.54, 1.807) is 0 Å². The van der Waals surface area contributed by atoms with E-state index in [0.29, 0.717) is 0 Å². The Hall–Kier alpha value is -1.96. The summed E-state index contributed by atoms with van der Waals surface area (Å²) in [6.45, 7) is 27.6. The van der Waals surface area contributed by atoms with Gasteiger partial charge in [-0.15, -0.1) is 0 Å². The molecule has 2 aromatic rings. The lowest BCUT2D eigenvalue weighted by molar-refractivity contribution is 0.327. The second-order valence-electron chi connectivity index (χ2n) is 13.6. The van der Waals surface area contributed by atoms with Gasteiger partial charge >= 0.3 is 0 Å². The van der Waals surface area contributed by atoms with Crippen LogP contribution in [-0.2, 0) is 31.9 Å². The van der Waals surface area contributed by atoms with Crippen molar-refractivity contribution in [2.45, 2.75) is 118 Å². The summed E-state index contributed by atoms with van der Waals surface area (Å²) in [5, 5.41) is 27.4. The van der Waals surface area contributed by atoms with Crippen molar-refractivity contribution < 1.29 is 10.2 Å². The predicted octanol–water partition coefficient (Wildman–Crippen LogP) is 9.32. The van der Waals surface area contributed by atoms with E-state index in [1.165, 1.54) is 0 Å². The van der Waals surface area contributed by atoms with Crippen molar-refractivity contribution in [3.8, 4) is 11.5 Å². The first kappa shape index (κ1) is 26.3. The summed E-state index contributed by atoms with van der Waals surface area (Å²) in [6, 6.07) is 8.23. The Morgan fingerprint density at radius 1 is 0.500 bits per heavy atom. The van der Waals surface area contributed by atoms with Crippen LogP contribution < -0.4 is 0 Å². The molecule has 176 valence electrons. The number of hydrogen-bond donors (Lipinski definition) is 0. The molecule has 0 amide bonds. The van der Waals surface area contributed by atoms with Gasteiger partial charge in [-0.3, -0.25) is 10.2 Å². The van der Waals surface area contributed by atoms with Crippen LogP contribution in [0.5, 0.6) is 11.5 Å². The van der Waals surface area contributed by atoms with Crippen LogP contribution in [0.25, 0.3) is 0 Å². The highest BCUT2D eigenvalue weighted by Crippen LogP contribution is 2.47. The van der Waals surface area contributed by atoms with Gasteiger partial charge in [-0.05, 0) is 32.8 Å². The average molecular weight is 437 g/mol. The minimum Gasteiger partial charge on any atom is -0.289 e. The second-order valence-corrected chi connectivity index (χ2v) is 13.6. The maximum absolute atomic E-state index is 13.7. The third-order valence-electron chi connectivity index (χ3n) is 6.52. The predicted molar refractivity (Wildman–Crippen MR) is 135 cm³/mol. The first-order chi connectivity index (χ1) is 14.2. The van der Waals surface area contributed by atoms with Crippen LogP contribution in [0.3, 0.4) is 0 Å². The van der Waals surface area contributed by atoms with Crippen LogP contribution in [0.1, 0.15) is 129 Å². The monoisotopic (exact) mass is 436 g/mol. The minimum atomic E-state index is -0.276. The fourth-order valence-electron chi connectivity index (χ4n) is 4.09. The zero-order valence-electron chi connectivity index (χ0n) is 22.7. The molecule has 0 unspecified atom stereocenters.